The lowest BCUT2D eigenvalue weighted by Gasteiger charge is -2.22. The van der Waals surface area contributed by atoms with Crippen LogP contribution in [-0.2, 0) is 25.8 Å². The molecule has 1 aliphatic heterocycles. The molecule has 0 spiro atoms. The number of nitrogens with two attached hydrogens (primary N) is 2. The minimum atomic E-state index is 0.00894. The van der Waals surface area contributed by atoms with Gasteiger partial charge < -0.3 is 25.8 Å². The average Bonchev–Trinajstić information content (AvgIpc) is 3.60. The van der Waals surface area contributed by atoms with Crippen LogP contribution in [0.1, 0.15) is 58.6 Å². The Morgan fingerprint density at radius 2 is 1.72 bits per heavy atom. The quantitative estimate of drug-likeness (QED) is 0.149. The second-order valence-corrected chi connectivity index (χ2v) is 11.7. The summed E-state index contributed by atoms with van der Waals surface area (Å²) in [5, 5.41) is 7.66. The number of amides is 1. The molecule has 1 aliphatic rings. The number of fused-ring (bicyclic) bond motifs is 1. The fourth-order valence-electron chi connectivity index (χ4n) is 6.25. The predicted molar refractivity (Wildman–Crippen MR) is 175 cm³/mol. The molecule has 0 saturated carbocycles. The summed E-state index contributed by atoms with van der Waals surface area (Å²) in [4.78, 5) is 23.1. The molecular formula is C35H45N7O. The summed E-state index contributed by atoms with van der Waals surface area (Å²) in [5.74, 6) is 1.13. The zero-order valence-electron chi connectivity index (χ0n) is 25.3. The summed E-state index contributed by atoms with van der Waals surface area (Å²) in [6.07, 6.45) is 7.01. The number of nitrogens with one attached hydrogen (secondary N) is 1. The van der Waals surface area contributed by atoms with Crippen molar-refractivity contribution < 1.29 is 4.79 Å². The van der Waals surface area contributed by atoms with Gasteiger partial charge in [-0.25, -0.2) is 4.98 Å². The van der Waals surface area contributed by atoms with Crippen LogP contribution in [0.4, 0.5) is 0 Å². The molecule has 2 heterocycles. The first-order valence-corrected chi connectivity index (χ1v) is 15.6. The summed E-state index contributed by atoms with van der Waals surface area (Å²) >= 11 is 0. The second kappa shape index (κ2) is 14.4. The zero-order chi connectivity index (χ0) is 30.2. The van der Waals surface area contributed by atoms with E-state index in [0.717, 1.165) is 67.6 Å². The molecule has 5 rings (SSSR count). The number of nitrogens with zero attached hydrogens (tertiary/aromatic N) is 4. The zero-order valence-corrected chi connectivity index (χ0v) is 25.3. The summed E-state index contributed by atoms with van der Waals surface area (Å²) in [5.41, 5.74) is 17.3. The van der Waals surface area contributed by atoms with E-state index in [4.69, 9.17) is 21.9 Å². The van der Waals surface area contributed by atoms with Crippen LogP contribution < -0.4 is 11.5 Å². The highest BCUT2D eigenvalue weighted by molar-refractivity contribution is 5.97. The summed E-state index contributed by atoms with van der Waals surface area (Å²) in [6.45, 7) is 3.69. The number of carbonyl (C=O) groups excluding carboxylic acids is 1. The van der Waals surface area contributed by atoms with E-state index in [1.54, 1.807) is 0 Å². The van der Waals surface area contributed by atoms with Crippen molar-refractivity contribution in [2.24, 2.45) is 11.5 Å². The van der Waals surface area contributed by atoms with Gasteiger partial charge in [0, 0.05) is 49.8 Å². The van der Waals surface area contributed by atoms with Crippen LogP contribution in [0.3, 0.4) is 0 Å². The number of carbonyl (C=O) groups is 1. The van der Waals surface area contributed by atoms with Crippen LogP contribution in [0.5, 0.6) is 0 Å². The van der Waals surface area contributed by atoms with Gasteiger partial charge in [-0.05, 0) is 81.4 Å². The van der Waals surface area contributed by atoms with Crippen molar-refractivity contribution in [3.63, 3.8) is 0 Å². The molecule has 5 N–H and O–H groups in total. The summed E-state index contributed by atoms with van der Waals surface area (Å²) in [7, 11) is 2.22. The Kier molecular flexibility index (Phi) is 10.2. The minimum absolute atomic E-state index is 0.00894. The van der Waals surface area contributed by atoms with Gasteiger partial charge in [-0.2, -0.15) is 0 Å². The van der Waals surface area contributed by atoms with Crippen molar-refractivity contribution in [1.82, 2.24) is 19.4 Å². The topological polar surface area (TPSA) is 117 Å². The Labute approximate surface area is 255 Å². The Morgan fingerprint density at radius 1 is 0.977 bits per heavy atom. The van der Waals surface area contributed by atoms with Gasteiger partial charge in [-0.15, -0.1) is 0 Å². The smallest absolute Gasteiger partial charge is 0.253 e. The molecule has 1 atom stereocenters. The van der Waals surface area contributed by atoms with Crippen molar-refractivity contribution in [2.45, 2.75) is 57.5 Å². The third-order valence-corrected chi connectivity index (χ3v) is 8.76. The first-order valence-electron chi connectivity index (χ1n) is 15.6. The Bertz CT molecular complexity index is 1510. The number of nitrogen functional groups attached to an aromatic ring is 1. The van der Waals surface area contributed by atoms with Gasteiger partial charge in [0.25, 0.3) is 5.91 Å². The highest BCUT2D eigenvalue weighted by Gasteiger charge is 2.22. The molecule has 1 amide bonds. The number of imidazole rings is 1. The third-order valence-electron chi connectivity index (χ3n) is 8.76. The second-order valence-electron chi connectivity index (χ2n) is 11.7. The van der Waals surface area contributed by atoms with E-state index in [1.165, 1.54) is 24.0 Å². The average molecular weight is 580 g/mol. The fourth-order valence-corrected chi connectivity index (χ4v) is 6.25. The van der Waals surface area contributed by atoms with Gasteiger partial charge >= 0.3 is 0 Å². The first-order chi connectivity index (χ1) is 20.9. The lowest BCUT2D eigenvalue weighted by Crippen LogP contribution is -2.36. The van der Waals surface area contributed by atoms with Gasteiger partial charge in [-0.3, -0.25) is 10.2 Å². The van der Waals surface area contributed by atoms with E-state index >= 15 is 0 Å². The molecule has 1 fully saturated rings. The molecule has 43 heavy (non-hydrogen) atoms. The van der Waals surface area contributed by atoms with Crippen molar-refractivity contribution in [3.8, 4) is 0 Å². The predicted octanol–water partition coefficient (Wildman–Crippen LogP) is 4.62. The molecule has 4 aromatic rings. The first kappa shape index (κ1) is 30.4. The molecule has 226 valence electrons. The Balaban J connectivity index is 1.34. The van der Waals surface area contributed by atoms with Gasteiger partial charge in [0.05, 0.1) is 11.0 Å². The SMILES string of the molecule is CN1CCCC1CCn1c(CCc2ccc(C(=N)N)cc2)nc2cc(C(=O)N(CCN)CCCc3ccccc3)ccc21. The molecular weight excluding hydrogens is 534 g/mol. The largest absolute Gasteiger partial charge is 0.384 e. The Morgan fingerprint density at radius 3 is 2.42 bits per heavy atom. The maximum Gasteiger partial charge on any atom is 0.253 e. The summed E-state index contributed by atoms with van der Waals surface area (Å²) < 4.78 is 2.36. The van der Waals surface area contributed by atoms with E-state index in [9.17, 15) is 4.79 Å². The van der Waals surface area contributed by atoms with Crippen LogP contribution in [0.25, 0.3) is 11.0 Å². The van der Waals surface area contributed by atoms with Crippen LogP contribution >= 0.6 is 0 Å². The Hall–Kier alpha value is -4.01. The number of hydrogen-bond acceptors (Lipinski definition) is 5. The molecule has 1 saturated heterocycles. The highest BCUT2D eigenvalue weighted by Crippen LogP contribution is 2.24. The molecule has 0 bridgehead atoms. The number of benzene rings is 3. The molecule has 3 aromatic carbocycles. The maximum absolute atomic E-state index is 13.6. The molecule has 8 heteroatoms. The molecule has 1 aromatic heterocycles. The van der Waals surface area contributed by atoms with E-state index in [-0.39, 0.29) is 11.7 Å². The lowest BCUT2D eigenvalue weighted by molar-refractivity contribution is 0.0758. The highest BCUT2D eigenvalue weighted by atomic mass is 16.2. The number of aryl methyl sites for hydroxylation is 4. The van der Waals surface area contributed by atoms with Gasteiger partial charge in [0.15, 0.2) is 0 Å². The third kappa shape index (κ3) is 7.69. The van der Waals surface area contributed by atoms with Gasteiger partial charge in [0.1, 0.15) is 11.7 Å². The minimum Gasteiger partial charge on any atom is -0.384 e. The molecule has 8 nitrogen and oxygen atoms in total. The van der Waals surface area contributed by atoms with Crippen molar-refractivity contribution in [3.05, 3.63) is 101 Å². The van der Waals surface area contributed by atoms with E-state index in [2.05, 4.69) is 46.8 Å². The standard InChI is InChI=1S/C35H45N7O/c1-40-21-6-10-30(40)19-23-42-32-17-16-29(35(43)41(24-20-36)22-5-9-26-7-3-2-4-8-26)25-31(32)39-33(42)18-13-27-11-14-28(15-12-27)34(37)38/h2-4,7-8,11-12,14-17,25,30H,5-6,9-10,13,18-24,36H2,1H3,(H3,37,38). The number of rotatable bonds is 14. The van der Waals surface area contributed by atoms with Crippen molar-refractivity contribution in [2.75, 3.05) is 33.2 Å². The van der Waals surface area contributed by atoms with Crippen LogP contribution in [0.15, 0.2) is 72.8 Å². The lowest BCUT2D eigenvalue weighted by atomic mass is 10.1. The maximum atomic E-state index is 13.6. The monoisotopic (exact) mass is 579 g/mol. The van der Waals surface area contributed by atoms with Crippen molar-refractivity contribution in [1.29, 1.82) is 5.41 Å². The number of hydrogen-bond donors (Lipinski definition) is 3. The number of aromatic nitrogens is 2. The van der Waals surface area contributed by atoms with Gasteiger partial charge in [-0.1, -0.05) is 54.6 Å². The van der Waals surface area contributed by atoms with Crippen molar-refractivity contribution >= 4 is 22.8 Å². The number of amidine groups is 1. The fraction of sp³-hybridized carbons (Fsp3) is 0.400. The molecule has 0 aliphatic carbocycles. The van der Waals surface area contributed by atoms with Crippen LogP contribution in [-0.4, -0.2) is 70.4 Å². The van der Waals surface area contributed by atoms with Gasteiger partial charge in [0.2, 0.25) is 0 Å². The van der Waals surface area contributed by atoms with Crippen LogP contribution in [0.2, 0.25) is 0 Å². The number of likely N-dealkylation sites (tertiary alicyclic amines) is 1. The molecule has 0 radical (unpaired) electrons. The summed E-state index contributed by atoms with van der Waals surface area (Å²) in [6, 6.07) is 24.8. The molecule has 1 unspecified atom stereocenters. The van der Waals surface area contributed by atoms with E-state index in [1.807, 2.05) is 47.4 Å². The normalized spacial score (nSPS) is 15.3. The van der Waals surface area contributed by atoms with Crippen LogP contribution in [0, 0.1) is 5.41 Å². The van der Waals surface area contributed by atoms with E-state index in [0.29, 0.717) is 31.2 Å². The van der Waals surface area contributed by atoms with E-state index < -0.39 is 0 Å².